The van der Waals surface area contributed by atoms with Crippen molar-refractivity contribution in [1.82, 2.24) is 0 Å². The first-order chi connectivity index (χ1) is 5.45. The van der Waals surface area contributed by atoms with Gasteiger partial charge in [-0.1, -0.05) is 0 Å². The summed E-state index contributed by atoms with van der Waals surface area (Å²) in [7, 11) is 0. The van der Waals surface area contributed by atoms with E-state index in [9.17, 15) is 9.59 Å². The van der Waals surface area contributed by atoms with Gasteiger partial charge in [0.15, 0.2) is 6.10 Å². The first-order valence-electron chi connectivity index (χ1n) is 2.50. The summed E-state index contributed by atoms with van der Waals surface area (Å²) >= 11 is -2.03. The van der Waals surface area contributed by atoms with Crippen molar-refractivity contribution in [2.45, 2.75) is 12.5 Å². The molecule has 0 aromatic rings. The number of carboxylic acids is 2. The number of nitrogens with two attached hydrogens (primary N) is 1. The van der Waals surface area contributed by atoms with Crippen molar-refractivity contribution in [3.8, 4) is 0 Å². The van der Waals surface area contributed by atoms with Crippen molar-refractivity contribution in [2.24, 2.45) is 0 Å². The standard InChI is InChI=1S/C4H6O5.Mo.H2N.2O/c5-2(4(8)9)1-3(6)7;;;;/h2,5H,1H2,(H,6,7)(H,8,9);;1H2;;/q;;-1;;. The molecule has 0 aromatic carbocycles. The summed E-state index contributed by atoms with van der Waals surface area (Å²) < 4.78 is 17.0. The van der Waals surface area contributed by atoms with E-state index >= 15 is 0 Å². The van der Waals surface area contributed by atoms with Crippen LogP contribution in [-0.4, -0.2) is 33.4 Å². The fraction of sp³-hybridized carbons (Fsp3) is 0.500. The van der Waals surface area contributed by atoms with Crippen molar-refractivity contribution in [3.63, 3.8) is 0 Å². The summed E-state index contributed by atoms with van der Waals surface area (Å²) in [5.41, 5.74) is 0. The van der Waals surface area contributed by atoms with Gasteiger partial charge in [-0.3, -0.25) is 4.79 Å². The molecule has 0 aliphatic carbocycles. The predicted octanol–water partition coefficient (Wildman–Crippen LogP) is -0.616. The molecular weight excluding hydrogens is 270 g/mol. The topological polar surface area (TPSA) is 162 Å². The molecule has 13 heavy (non-hydrogen) atoms. The quantitative estimate of drug-likeness (QED) is 0.579. The summed E-state index contributed by atoms with van der Waals surface area (Å²) in [5, 5.41) is 24.1. The zero-order chi connectivity index (χ0) is 10.1. The molecule has 0 fully saturated rings. The molecule has 0 heterocycles. The molecule has 5 N–H and O–H groups in total. The number of carboxylic acid groups (broad SMARTS) is 2. The van der Waals surface area contributed by atoms with Crippen LogP contribution in [0, 0.1) is 0 Å². The molecule has 8 nitrogen and oxygen atoms in total. The predicted molar refractivity (Wildman–Crippen MR) is 32.6 cm³/mol. The monoisotopic (exact) mass is 280 g/mol. The zero-order valence-corrected chi connectivity index (χ0v) is 8.25. The number of aliphatic hydroxyl groups is 1. The van der Waals surface area contributed by atoms with Crippen molar-refractivity contribution >= 4 is 11.9 Å². The maximum absolute atomic E-state index is 9.72. The van der Waals surface area contributed by atoms with Gasteiger partial charge in [0, 0.05) is 0 Å². The molecule has 1 atom stereocenters. The normalized spacial score (nSPS) is 9.62. The molecule has 0 amide bonds. The Morgan fingerprint density at radius 2 is 1.54 bits per heavy atom. The first-order valence-corrected chi connectivity index (χ1v) is 4.14. The Morgan fingerprint density at radius 1 is 1.23 bits per heavy atom. The van der Waals surface area contributed by atoms with Gasteiger partial charge in [-0.05, 0) is 0 Å². The molecule has 0 rings (SSSR count). The van der Waals surface area contributed by atoms with Gasteiger partial charge < -0.3 is 21.5 Å². The van der Waals surface area contributed by atoms with Gasteiger partial charge in [0.2, 0.25) is 0 Å². The summed E-state index contributed by atoms with van der Waals surface area (Å²) in [6.07, 6.45) is -2.54. The zero-order valence-electron chi connectivity index (χ0n) is 6.24. The Labute approximate surface area is 81.3 Å². The van der Waals surface area contributed by atoms with Crippen molar-refractivity contribution < 1.29 is 50.2 Å². The van der Waals surface area contributed by atoms with E-state index in [-0.39, 0.29) is 6.15 Å². The number of rotatable bonds is 3. The molecule has 1 unspecified atom stereocenters. The Morgan fingerprint density at radius 3 is 1.62 bits per heavy atom. The molecule has 0 aliphatic rings. The fourth-order valence-corrected chi connectivity index (χ4v) is 0.253. The average Bonchev–Trinajstić information content (AvgIpc) is 1.87. The van der Waals surface area contributed by atoms with Crippen LogP contribution in [-0.2, 0) is 34.9 Å². The minimum absolute atomic E-state index is 0. The second kappa shape index (κ2) is 11.1. The van der Waals surface area contributed by atoms with Crippen LogP contribution in [0.1, 0.15) is 6.42 Å². The van der Waals surface area contributed by atoms with Crippen molar-refractivity contribution in [3.05, 3.63) is 6.15 Å². The van der Waals surface area contributed by atoms with Crippen molar-refractivity contribution in [1.29, 1.82) is 0 Å². The Balaban J connectivity index is -0.000000220. The number of aliphatic hydroxyl groups excluding tert-OH is 1. The van der Waals surface area contributed by atoms with E-state index in [0.29, 0.717) is 0 Å². The van der Waals surface area contributed by atoms with E-state index < -0.39 is 43.0 Å². The third kappa shape index (κ3) is 18.3. The van der Waals surface area contributed by atoms with Crippen LogP contribution in [0.25, 0.3) is 6.15 Å². The molecule has 0 aromatic heterocycles. The summed E-state index contributed by atoms with van der Waals surface area (Å²) in [6.45, 7) is 0. The third-order valence-corrected chi connectivity index (χ3v) is 0.653. The first kappa shape index (κ1) is 18.0. The average molecular weight is 278 g/mol. The Kier molecular flexibility index (Phi) is 15.5. The Bertz CT molecular complexity index is 199. The van der Waals surface area contributed by atoms with Crippen LogP contribution in [0.4, 0.5) is 0 Å². The molecular formula is C4H8MoNO7-. The molecule has 0 aliphatic heterocycles. The van der Waals surface area contributed by atoms with E-state index in [0.717, 1.165) is 0 Å². The van der Waals surface area contributed by atoms with Crippen LogP contribution in [0.15, 0.2) is 0 Å². The molecule has 0 radical (unpaired) electrons. The van der Waals surface area contributed by atoms with E-state index in [4.69, 9.17) is 22.1 Å². The van der Waals surface area contributed by atoms with Gasteiger partial charge in [-0.25, -0.2) is 4.79 Å². The van der Waals surface area contributed by atoms with Crippen LogP contribution < -0.4 is 0 Å². The molecule has 78 valence electrons. The van der Waals surface area contributed by atoms with Gasteiger partial charge in [0.05, 0.1) is 6.42 Å². The maximum atomic E-state index is 9.72. The molecule has 0 saturated carbocycles. The Hall–Kier alpha value is -0.852. The van der Waals surface area contributed by atoms with Crippen LogP contribution in [0.2, 0.25) is 0 Å². The summed E-state index contributed by atoms with van der Waals surface area (Å²) in [6, 6.07) is 0. The fourth-order valence-electron chi connectivity index (χ4n) is 0.253. The van der Waals surface area contributed by atoms with Gasteiger partial charge in [-0.15, -0.1) is 0 Å². The van der Waals surface area contributed by atoms with Gasteiger partial charge in [0.25, 0.3) is 0 Å². The van der Waals surface area contributed by atoms with Crippen molar-refractivity contribution in [2.75, 3.05) is 0 Å². The molecule has 0 saturated heterocycles. The number of aliphatic carboxylic acids is 2. The second-order valence-corrected chi connectivity index (χ2v) is 1.85. The van der Waals surface area contributed by atoms with E-state index in [1.807, 2.05) is 0 Å². The SMILES string of the molecule is O=C(O)CC(O)C(=O)O.[NH2-].[O]=[Mo]=[O]. The van der Waals surface area contributed by atoms with Gasteiger partial charge in [-0.2, -0.15) is 0 Å². The number of hydrogen-bond donors (Lipinski definition) is 3. The summed E-state index contributed by atoms with van der Waals surface area (Å²) in [5.74, 6) is -2.85. The van der Waals surface area contributed by atoms with Crippen LogP contribution in [0.5, 0.6) is 0 Å². The van der Waals surface area contributed by atoms with E-state index in [1.165, 1.54) is 0 Å². The number of hydrogen-bond acceptors (Lipinski definition) is 5. The minimum atomic E-state index is -2.03. The van der Waals surface area contributed by atoms with Crippen LogP contribution in [0.3, 0.4) is 0 Å². The van der Waals surface area contributed by atoms with Gasteiger partial charge in [0.1, 0.15) is 0 Å². The van der Waals surface area contributed by atoms with Crippen LogP contribution >= 0.6 is 0 Å². The van der Waals surface area contributed by atoms with E-state index in [2.05, 4.69) is 0 Å². The van der Waals surface area contributed by atoms with Gasteiger partial charge >= 0.3 is 37.2 Å². The number of carbonyl (C=O) groups is 2. The molecule has 9 heteroatoms. The summed E-state index contributed by atoms with van der Waals surface area (Å²) in [4.78, 5) is 19.4. The second-order valence-electron chi connectivity index (χ2n) is 1.52. The molecule has 0 spiro atoms. The van der Waals surface area contributed by atoms with E-state index in [1.54, 1.807) is 0 Å². The third-order valence-electron chi connectivity index (χ3n) is 0.653. The molecule has 0 bridgehead atoms.